The molecule has 9 heteroatoms. The van der Waals surface area contributed by atoms with Crippen molar-refractivity contribution >= 4 is 33.9 Å². The molecule has 4 aromatic rings. The summed E-state index contributed by atoms with van der Waals surface area (Å²) in [4.78, 5) is 28.5. The van der Waals surface area contributed by atoms with Crippen molar-refractivity contribution in [1.29, 1.82) is 0 Å². The number of aryl methyl sites for hydroxylation is 2. The smallest absolute Gasteiger partial charge is 0.255 e. The van der Waals surface area contributed by atoms with E-state index in [1.54, 1.807) is 13.0 Å². The molecule has 0 aliphatic heterocycles. The lowest BCUT2D eigenvalue weighted by Gasteiger charge is -2.26. The Bertz CT molecular complexity index is 1350. The number of nitrogens with one attached hydrogen (secondary N) is 1. The van der Waals surface area contributed by atoms with Crippen LogP contribution < -0.4 is 10.2 Å². The highest BCUT2D eigenvalue weighted by molar-refractivity contribution is 6.10. The summed E-state index contributed by atoms with van der Waals surface area (Å²) in [7, 11) is 3.88. The third kappa shape index (κ3) is 3.28. The number of fused-ring (bicyclic) bond motifs is 2. The van der Waals surface area contributed by atoms with Crippen LogP contribution in [0.15, 0.2) is 28.9 Å². The first-order chi connectivity index (χ1) is 15.3. The predicted octanol–water partition coefficient (Wildman–Crippen LogP) is 3.52. The van der Waals surface area contributed by atoms with Crippen molar-refractivity contribution in [3.8, 4) is 0 Å². The Morgan fingerprint density at radius 3 is 2.88 bits per heavy atom. The average Bonchev–Trinajstić information content (AvgIpc) is 3.31. The lowest BCUT2D eigenvalue weighted by Crippen LogP contribution is -2.32. The van der Waals surface area contributed by atoms with Gasteiger partial charge in [0.15, 0.2) is 0 Å². The SMILES string of the molecule is Cc1oc2ncnc(N(C)C3(C)CC3)c2c1C(=O)NCCc1nc2cc(F)ccc2n1C. The Balaban J connectivity index is 1.39. The highest BCUT2D eigenvalue weighted by atomic mass is 19.1. The fraction of sp³-hybridized carbons (Fsp3) is 0.391. The maximum absolute atomic E-state index is 13.5. The van der Waals surface area contributed by atoms with Crippen molar-refractivity contribution in [3.05, 3.63) is 47.5 Å². The normalized spacial score (nSPS) is 14.8. The minimum Gasteiger partial charge on any atom is -0.442 e. The Morgan fingerprint density at radius 2 is 2.12 bits per heavy atom. The Hall–Kier alpha value is -3.49. The van der Waals surface area contributed by atoms with Crippen LogP contribution in [0.5, 0.6) is 0 Å². The number of carbonyl (C=O) groups excluding carboxylic acids is 1. The van der Waals surface area contributed by atoms with E-state index >= 15 is 0 Å². The number of carbonyl (C=O) groups is 1. The van der Waals surface area contributed by atoms with Crippen LogP contribution in [0, 0.1) is 12.7 Å². The molecule has 1 aliphatic rings. The second-order valence-corrected chi connectivity index (χ2v) is 8.69. The Morgan fingerprint density at radius 1 is 1.34 bits per heavy atom. The summed E-state index contributed by atoms with van der Waals surface area (Å²) in [6, 6.07) is 4.54. The minimum absolute atomic E-state index is 0.0416. The van der Waals surface area contributed by atoms with E-state index in [0.717, 1.165) is 24.2 Å². The van der Waals surface area contributed by atoms with Gasteiger partial charge in [-0.1, -0.05) is 0 Å². The van der Waals surface area contributed by atoms with E-state index in [1.165, 1.54) is 18.5 Å². The molecule has 8 nitrogen and oxygen atoms in total. The number of hydrogen-bond donors (Lipinski definition) is 1. The zero-order valence-electron chi connectivity index (χ0n) is 18.6. The first-order valence-corrected chi connectivity index (χ1v) is 10.7. The average molecular weight is 436 g/mol. The number of aromatic nitrogens is 4. The van der Waals surface area contributed by atoms with E-state index in [4.69, 9.17) is 4.42 Å². The second kappa shape index (κ2) is 7.29. The van der Waals surface area contributed by atoms with Gasteiger partial charge in [0.05, 0.1) is 22.0 Å². The molecule has 0 unspecified atom stereocenters. The molecule has 32 heavy (non-hydrogen) atoms. The molecule has 5 rings (SSSR count). The van der Waals surface area contributed by atoms with Gasteiger partial charge in [-0.3, -0.25) is 4.79 Å². The van der Waals surface area contributed by atoms with Gasteiger partial charge in [-0.2, -0.15) is 0 Å². The maximum atomic E-state index is 13.5. The lowest BCUT2D eigenvalue weighted by molar-refractivity contribution is 0.0954. The van der Waals surface area contributed by atoms with Gasteiger partial charge in [-0.15, -0.1) is 0 Å². The lowest BCUT2D eigenvalue weighted by atomic mass is 10.1. The number of nitrogens with zero attached hydrogens (tertiary/aromatic N) is 5. The molecule has 0 bridgehead atoms. The zero-order valence-corrected chi connectivity index (χ0v) is 18.6. The number of benzene rings is 1. The van der Waals surface area contributed by atoms with Crippen LogP contribution in [0.4, 0.5) is 10.2 Å². The fourth-order valence-electron chi connectivity index (χ4n) is 4.15. The Labute approximate surface area is 184 Å². The summed E-state index contributed by atoms with van der Waals surface area (Å²) >= 11 is 0. The van der Waals surface area contributed by atoms with Gasteiger partial charge < -0.3 is 19.2 Å². The van der Waals surface area contributed by atoms with Gasteiger partial charge in [0.25, 0.3) is 5.91 Å². The number of halogens is 1. The third-order valence-electron chi connectivity index (χ3n) is 6.54. The van der Waals surface area contributed by atoms with Crippen LogP contribution in [-0.2, 0) is 13.5 Å². The molecule has 0 atom stereocenters. The van der Waals surface area contributed by atoms with E-state index in [0.29, 0.717) is 46.7 Å². The van der Waals surface area contributed by atoms with Gasteiger partial charge in [-0.05, 0) is 38.8 Å². The van der Waals surface area contributed by atoms with Crippen molar-refractivity contribution in [3.63, 3.8) is 0 Å². The zero-order chi connectivity index (χ0) is 22.6. The summed E-state index contributed by atoms with van der Waals surface area (Å²) in [6.45, 7) is 4.32. The standard InChI is InChI=1S/C23H25FN6O2/c1-13-18(19-20(26-12-27-22(19)32-13)30(4)23(2)8-9-23)21(31)25-10-7-17-28-15-11-14(24)5-6-16(15)29(17)3/h5-6,11-12H,7-10H2,1-4H3,(H,25,31). The molecule has 0 saturated heterocycles. The Kier molecular flexibility index (Phi) is 4.65. The molecule has 3 heterocycles. The molecule has 1 fully saturated rings. The molecule has 1 aromatic carbocycles. The fourth-order valence-corrected chi connectivity index (χ4v) is 4.15. The molecule has 1 aliphatic carbocycles. The number of amides is 1. The third-order valence-corrected chi connectivity index (χ3v) is 6.54. The maximum Gasteiger partial charge on any atom is 0.255 e. The topological polar surface area (TPSA) is 89.1 Å². The molecular formula is C23H25FN6O2. The molecule has 0 radical (unpaired) electrons. The quantitative estimate of drug-likeness (QED) is 0.498. The predicted molar refractivity (Wildman–Crippen MR) is 119 cm³/mol. The van der Waals surface area contributed by atoms with Gasteiger partial charge >= 0.3 is 0 Å². The number of hydrogen-bond acceptors (Lipinski definition) is 6. The highest BCUT2D eigenvalue weighted by Gasteiger charge is 2.43. The highest BCUT2D eigenvalue weighted by Crippen LogP contribution is 2.44. The number of imidazole rings is 1. The summed E-state index contributed by atoms with van der Waals surface area (Å²) in [5.41, 5.74) is 2.36. The van der Waals surface area contributed by atoms with Crippen molar-refractivity contribution in [2.24, 2.45) is 7.05 Å². The summed E-state index contributed by atoms with van der Waals surface area (Å²) in [5.74, 6) is 1.42. The van der Waals surface area contributed by atoms with E-state index in [-0.39, 0.29) is 17.3 Å². The van der Waals surface area contributed by atoms with Gasteiger partial charge in [0.1, 0.15) is 29.5 Å². The second-order valence-electron chi connectivity index (χ2n) is 8.69. The number of rotatable bonds is 6. The van der Waals surface area contributed by atoms with E-state index in [2.05, 4.69) is 32.1 Å². The van der Waals surface area contributed by atoms with Gasteiger partial charge in [0, 0.05) is 38.7 Å². The van der Waals surface area contributed by atoms with Crippen LogP contribution in [-0.4, -0.2) is 44.6 Å². The largest absolute Gasteiger partial charge is 0.442 e. The molecule has 1 amide bonds. The molecule has 0 spiro atoms. The molecule has 1 N–H and O–H groups in total. The van der Waals surface area contributed by atoms with Crippen molar-refractivity contribution in [1.82, 2.24) is 24.8 Å². The van der Waals surface area contributed by atoms with E-state index in [9.17, 15) is 9.18 Å². The summed E-state index contributed by atoms with van der Waals surface area (Å²) in [6.07, 6.45) is 4.14. The van der Waals surface area contributed by atoms with Crippen LogP contribution in [0.3, 0.4) is 0 Å². The molecular weight excluding hydrogens is 411 g/mol. The van der Waals surface area contributed by atoms with Crippen LogP contribution in [0.2, 0.25) is 0 Å². The van der Waals surface area contributed by atoms with Crippen molar-refractivity contribution in [2.45, 2.75) is 38.6 Å². The molecule has 166 valence electrons. The minimum atomic E-state index is -0.319. The monoisotopic (exact) mass is 436 g/mol. The van der Waals surface area contributed by atoms with E-state index < -0.39 is 0 Å². The number of anilines is 1. The first kappa shape index (κ1) is 20.4. The summed E-state index contributed by atoms with van der Waals surface area (Å²) in [5, 5.41) is 3.61. The van der Waals surface area contributed by atoms with E-state index in [1.807, 2.05) is 18.7 Å². The summed E-state index contributed by atoms with van der Waals surface area (Å²) < 4.78 is 21.2. The van der Waals surface area contributed by atoms with Crippen molar-refractivity contribution < 1.29 is 13.6 Å². The van der Waals surface area contributed by atoms with Crippen LogP contribution >= 0.6 is 0 Å². The van der Waals surface area contributed by atoms with Gasteiger partial charge in [-0.25, -0.2) is 19.3 Å². The number of furan rings is 1. The van der Waals surface area contributed by atoms with Crippen LogP contribution in [0.25, 0.3) is 22.1 Å². The van der Waals surface area contributed by atoms with Crippen molar-refractivity contribution in [2.75, 3.05) is 18.5 Å². The van der Waals surface area contributed by atoms with Gasteiger partial charge in [0.2, 0.25) is 5.71 Å². The first-order valence-electron chi connectivity index (χ1n) is 10.7. The molecule has 3 aromatic heterocycles. The van der Waals surface area contributed by atoms with Crippen LogP contribution in [0.1, 0.15) is 41.7 Å². The molecule has 1 saturated carbocycles.